The topological polar surface area (TPSA) is 16.1 Å². The molecule has 0 atom stereocenters. The number of hydrogen-bond donors (Lipinski definition) is 0. The van der Waals surface area contributed by atoms with E-state index in [4.69, 9.17) is 0 Å². The Morgan fingerprint density at radius 2 is 1.65 bits per heavy atom. The van der Waals surface area contributed by atoms with Crippen LogP contribution in [0.2, 0.25) is 0 Å². The monoisotopic (exact) mass is 266 g/mol. The lowest BCUT2D eigenvalue weighted by molar-refractivity contribution is 0.214. The molecule has 0 amide bonds. The first-order chi connectivity index (χ1) is 9.92. The minimum Gasteiger partial charge on any atom is -0.303 e. The maximum atomic E-state index is 4.11. The number of piperidine rings is 1. The Morgan fingerprint density at radius 1 is 0.950 bits per heavy atom. The Morgan fingerprint density at radius 3 is 2.35 bits per heavy atom. The van der Waals surface area contributed by atoms with Gasteiger partial charge in [-0.25, -0.2) is 0 Å². The van der Waals surface area contributed by atoms with Crippen molar-refractivity contribution in [1.82, 2.24) is 9.88 Å². The average Bonchev–Trinajstić information content (AvgIpc) is 2.55. The zero-order valence-electron chi connectivity index (χ0n) is 11.9. The van der Waals surface area contributed by atoms with Crippen LogP contribution in [-0.4, -0.2) is 29.5 Å². The summed E-state index contributed by atoms with van der Waals surface area (Å²) in [7, 11) is 0. The number of aromatic nitrogens is 1. The summed E-state index contributed by atoms with van der Waals surface area (Å²) in [4.78, 5) is 6.71. The summed E-state index contributed by atoms with van der Waals surface area (Å²) >= 11 is 0. The van der Waals surface area contributed by atoms with E-state index in [0.29, 0.717) is 0 Å². The normalized spacial score (nSPS) is 17.2. The Kier molecular flexibility index (Phi) is 4.44. The Balaban J connectivity index is 1.47. The maximum Gasteiger partial charge on any atom is 0.0270 e. The van der Waals surface area contributed by atoms with Crippen molar-refractivity contribution in [2.75, 3.05) is 19.6 Å². The summed E-state index contributed by atoms with van der Waals surface area (Å²) < 4.78 is 0. The molecule has 1 fully saturated rings. The maximum absolute atomic E-state index is 4.11. The second-order valence-electron chi connectivity index (χ2n) is 5.63. The third kappa shape index (κ3) is 3.45. The van der Waals surface area contributed by atoms with Gasteiger partial charge in [0.15, 0.2) is 0 Å². The fourth-order valence-electron chi connectivity index (χ4n) is 3.06. The largest absolute Gasteiger partial charge is 0.303 e. The summed E-state index contributed by atoms with van der Waals surface area (Å²) in [5.74, 6) is 0.728. The zero-order valence-corrected chi connectivity index (χ0v) is 11.9. The number of pyridine rings is 1. The van der Waals surface area contributed by atoms with Gasteiger partial charge in [0.1, 0.15) is 0 Å². The highest BCUT2D eigenvalue weighted by Crippen LogP contribution is 2.27. The lowest BCUT2D eigenvalue weighted by atomic mass is 9.90. The van der Waals surface area contributed by atoms with Crippen LogP contribution in [0.3, 0.4) is 0 Å². The molecule has 1 saturated heterocycles. The van der Waals surface area contributed by atoms with Crippen molar-refractivity contribution in [3.63, 3.8) is 0 Å². The van der Waals surface area contributed by atoms with Crippen LogP contribution >= 0.6 is 0 Å². The third-order valence-electron chi connectivity index (χ3n) is 4.32. The van der Waals surface area contributed by atoms with Crippen LogP contribution in [0.5, 0.6) is 0 Å². The van der Waals surface area contributed by atoms with E-state index < -0.39 is 0 Å². The summed E-state index contributed by atoms with van der Waals surface area (Å²) in [6, 6.07) is 15.1. The molecule has 1 aliphatic rings. The van der Waals surface area contributed by atoms with Gasteiger partial charge >= 0.3 is 0 Å². The van der Waals surface area contributed by atoms with Crippen LogP contribution < -0.4 is 0 Å². The quantitative estimate of drug-likeness (QED) is 0.842. The lowest BCUT2D eigenvalue weighted by Crippen LogP contribution is -2.34. The molecule has 1 aromatic heterocycles. The van der Waals surface area contributed by atoms with Crippen LogP contribution in [0.15, 0.2) is 54.9 Å². The molecule has 0 saturated carbocycles. The highest BCUT2D eigenvalue weighted by Gasteiger charge is 2.19. The minimum atomic E-state index is 0.728. The highest BCUT2D eigenvalue weighted by molar-refractivity contribution is 5.17. The second kappa shape index (κ2) is 6.67. The molecule has 1 aliphatic heterocycles. The molecule has 0 aliphatic carbocycles. The molecule has 1 aromatic carbocycles. The van der Waals surface area contributed by atoms with Gasteiger partial charge < -0.3 is 4.90 Å². The van der Waals surface area contributed by atoms with Gasteiger partial charge in [-0.1, -0.05) is 30.3 Å². The molecule has 0 unspecified atom stereocenters. The number of benzene rings is 1. The molecule has 104 valence electrons. The van der Waals surface area contributed by atoms with Crippen LogP contribution in [-0.2, 0) is 6.42 Å². The zero-order chi connectivity index (χ0) is 13.6. The molecule has 2 heterocycles. The smallest absolute Gasteiger partial charge is 0.0270 e. The Labute approximate surface area is 121 Å². The number of nitrogens with zero attached hydrogens (tertiary/aromatic N) is 2. The van der Waals surface area contributed by atoms with Crippen LogP contribution in [0, 0.1) is 0 Å². The van der Waals surface area contributed by atoms with Crippen molar-refractivity contribution in [3.8, 4) is 0 Å². The fraction of sp³-hybridized carbons (Fsp3) is 0.389. The molecular weight excluding hydrogens is 244 g/mol. The number of rotatable bonds is 4. The molecule has 20 heavy (non-hydrogen) atoms. The van der Waals surface area contributed by atoms with Crippen LogP contribution in [0.4, 0.5) is 0 Å². The van der Waals surface area contributed by atoms with Crippen molar-refractivity contribution >= 4 is 0 Å². The van der Waals surface area contributed by atoms with Crippen molar-refractivity contribution in [1.29, 1.82) is 0 Å². The molecule has 0 N–H and O–H groups in total. The fourth-order valence-corrected chi connectivity index (χ4v) is 3.06. The predicted octanol–water partition coefficient (Wildman–Crippen LogP) is 3.50. The van der Waals surface area contributed by atoms with Crippen LogP contribution in [0.25, 0.3) is 0 Å². The van der Waals surface area contributed by atoms with Gasteiger partial charge in [0.2, 0.25) is 0 Å². The molecule has 2 heteroatoms. The first-order valence-corrected chi connectivity index (χ1v) is 7.58. The van der Waals surface area contributed by atoms with E-state index in [0.717, 1.165) is 5.92 Å². The number of likely N-dealkylation sites (tertiary alicyclic amines) is 1. The van der Waals surface area contributed by atoms with Gasteiger partial charge in [0.05, 0.1) is 0 Å². The van der Waals surface area contributed by atoms with Crippen LogP contribution in [0.1, 0.15) is 29.9 Å². The Hall–Kier alpha value is -1.67. The van der Waals surface area contributed by atoms with Crippen molar-refractivity contribution in [3.05, 3.63) is 66.0 Å². The van der Waals surface area contributed by atoms with E-state index in [1.54, 1.807) is 0 Å². The van der Waals surface area contributed by atoms with E-state index in [-0.39, 0.29) is 0 Å². The minimum absolute atomic E-state index is 0.728. The average molecular weight is 266 g/mol. The third-order valence-corrected chi connectivity index (χ3v) is 4.32. The molecule has 2 aromatic rings. The summed E-state index contributed by atoms with van der Waals surface area (Å²) in [6.07, 6.45) is 7.55. The first-order valence-electron chi connectivity index (χ1n) is 7.58. The van der Waals surface area contributed by atoms with E-state index in [9.17, 15) is 0 Å². The molecule has 2 nitrogen and oxygen atoms in total. The highest BCUT2D eigenvalue weighted by atomic mass is 15.1. The van der Waals surface area contributed by atoms with Crippen molar-refractivity contribution in [2.45, 2.75) is 25.2 Å². The lowest BCUT2D eigenvalue weighted by Gasteiger charge is -2.32. The van der Waals surface area contributed by atoms with Crippen molar-refractivity contribution < 1.29 is 0 Å². The van der Waals surface area contributed by atoms with E-state index in [2.05, 4.69) is 52.3 Å². The summed E-state index contributed by atoms with van der Waals surface area (Å²) in [5, 5.41) is 0. The van der Waals surface area contributed by atoms with Gasteiger partial charge in [-0.05, 0) is 61.5 Å². The summed E-state index contributed by atoms with van der Waals surface area (Å²) in [5.41, 5.74) is 2.91. The van der Waals surface area contributed by atoms with Gasteiger partial charge in [-0.3, -0.25) is 4.98 Å². The predicted molar refractivity (Wildman–Crippen MR) is 82.8 cm³/mol. The van der Waals surface area contributed by atoms with E-state index in [1.807, 2.05) is 12.4 Å². The van der Waals surface area contributed by atoms with Crippen molar-refractivity contribution in [2.24, 2.45) is 0 Å². The molecule has 0 bridgehead atoms. The van der Waals surface area contributed by atoms with Gasteiger partial charge in [0, 0.05) is 18.9 Å². The summed E-state index contributed by atoms with van der Waals surface area (Å²) in [6.45, 7) is 3.63. The molecule has 3 rings (SSSR count). The Bertz CT molecular complexity index is 501. The first kappa shape index (κ1) is 13.3. The molecule has 0 spiro atoms. The molecular formula is C18H22N2. The van der Waals surface area contributed by atoms with Gasteiger partial charge in [0.25, 0.3) is 0 Å². The number of hydrogen-bond acceptors (Lipinski definition) is 2. The SMILES string of the molecule is c1ccc(CCN2CCC(c3ccncc3)CC2)cc1. The molecule has 0 radical (unpaired) electrons. The second-order valence-corrected chi connectivity index (χ2v) is 5.63. The standard InChI is InChI=1S/C18H22N2/c1-2-4-16(5-3-1)8-13-20-14-9-18(10-15-20)17-6-11-19-12-7-17/h1-7,11-12,18H,8-10,13-15H2. The van der Waals surface area contributed by atoms with E-state index in [1.165, 1.54) is 50.0 Å². The van der Waals surface area contributed by atoms with Gasteiger partial charge in [-0.15, -0.1) is 0 Å². The van der Waals surface area contributed by atoms with Gasteiger partial charge in [-0.2, -0.15) is 0 Å². The van der Waals surface area contributed by atoms with E-state index >= 15 is 0 Å².